The molecule has 7 nitrogen and oxygen atoms in total. The SMILES string of the molecule is CNc1nccc(Nc2cc(C)n(C3CCCCO3)n2)n1. The molecule has 1 fully saturated rings. The largest absolute Gasteiger partial charge is 0.357 e. The number of aromatic nitrogens is 4. The van der Waals surface area contributed by atoms with Gasteiger partial charge in [0.05, 0.1) is 0 Å². The van der Waals surface area contributed by atoms with Gasteiger partial charge in [-0.2, -0.15) is 10.1 Å². The quantitative estimate of drug-likeness (QED) is 0.900. The summed E-state index contributed by atoms with van der Waals surface area (Å²) in [5.41, 5.74) is 1.08. The number of hydrogen-bond acceptors (Lipinski definition) is 6. The van der Waals surface area contributed by atoms with Crippen molar-refractivity contribution in [2.24, 2.45) is 0 Å². The molecule has 1 atom stereocenters. The van der Waals surface area contributed by atoms with E-state index in [-0.39, 0.29) is 6.23 Å². The van der Waals surface area contributed by atoms with Crippen LogP contribution < -0.4 is 10.6 Å². The van der Waals surface area contributed by atoms with E-state index in [1.807, 2.05) is 23.7 Å². The fourth-order valence-corrected chi connectivity index (χ4v) is 2.44. The van der Waals surface area contributed by atoms with Crippen LogP contribution in [0.5, 0.6) is 0 Å². The van der Waals surface area contributed by atoms with Crippen LogP contribution in [0.4, 0.5) is 17.6 Å². The maximum Gasteiger partial charge on any atom is 0.224 e. The monoisotopic (exact) mass is 288 g/mol. The van der Waals surface area contributed by atoms with Crippen LogP contribution in [-0.4, -0.2) is 33.4 Å². The highest BCUT2D eigenvalue weighted by Gasteiger charge is 2.19. The standard InChI is InChI=1S/C14H20N6O/c1-10-9-12(17-11-6-7-16-14(15-2)18-11)19-20(10)13-5-3-4-8-21-13/h6-7,9,13H,3-5,8H2,1-2H3,(H2,15,16,17,18,19). The Kier molecular flexibility index (Phi) is 4.01. The second-order valence-electron chi connectivity index (χ2n) is 5.08. The molecule has 1 aliphatic heterocycles. The van der Waals surface area contributed by atoms with Gasteiger partial charge in [-0.1, -0.05) is 0 Å². The first-order valence-electron chi connectivity index (χ1n) is 7.22. The van der Waals surface area contributed by atoms with Crippen molar-refractivity contribution in [3.05, 3.63) is 24.0 Å². The number of nitrogens with one attached hydrogen (secondary N) is 2. The van der Waals surface area contributed by atoms with E-state index in [4.69, 9.17) is 4.74 Å². The predicted octanol–water partition coefficient (Wildman–Crippen LogP) is 2.47. The molecule has 3 heterocycles. The maximum atomic E-state index is 5.78. The molecule has 1 saturated heterocycles. The number of rotatable bonds is 4. The van der Waals surface area contributed by atoms with Crippen LogP contribution in [0.1, 0.15) is 31.2 Å². The Hall–Kier alpha value is -2.15. The Morgan fingerprint density at radius 2 is 2.24 bits per heavy atom. The zero-order valence-electron chi connectivity index (χ0n) is 12.3. The average Bonchev–Trinajstić information content (AvgIpc) is 2.89. The molecule has 2 N–H and O–H groups in total. The van der Waals surface area contributed by atoms with Gasteiger partial charge in [0.2, 0.25) is 5.95 Å². The van der Waals surface area contributed by atoms with Crippen LogP contribution in [0.15, 0.2) is 18.3 Å². The Bertz CT molecular complexity index is 605. The Balaban J connectivity index is 1.76. The van der Waals surface area contributed by atoms with Crippen LogP contribution in [0.25, 0.3) is 0 Å². The summed E-state index contributed by atoms with van der Waals surface area (Å²) in [7, 11) is 1.79. The molecule has 0 radical (unpaired) electrons. The van der Waals surface area contributed by atoms with E-state index in [9.17, 15) is 0 Å². The van der Waals surface area contributed by atoms with Crippen molar-refractivity contribution in [3.63, 3.8) is 0 Å². The third-order valence-corrected chi connectivity index (χ3v) is 3.49. The van der Waals surface area contributed by atoms with Crippen LogP contribution in [0.2, 0.25) is 0 Å². The lowest BCUT2D eigenvalue weighted by Crippen LogP contribution is -2.20. The molecule has 0 saturated carbocycles. The summed E-state index contributed by atoms with van der Waals surface area (Å²) in [6, 6.07) is 3.81. The molecule has 1 aliphatic rings. The molecule has 0 spiro atoms. The van der Waals surface area contributed by atoms with Crippen LogP contribution in [-0.2, 0) is 4.74 Å². The summed E-state index contributed by atoms with van der Waals surface area (Å²) in [5, 5.41) is 10.7. The average molecular weight is 288 g/mol. The van der Waals surface area contributed by atoms with Crippen LogP contribution in [0, 0.1) is 6.92 Å². The summed E-state index contributed by atoms with van der Waals surface area (Å²) < 4.78 is 7.73. The van der Waals surface area contributed by atoms with Crippen LogP contribution >= 0.6 is 0 Å². The lowest BCUT2D eigenvalue weighted by atomic mass is 10.2. The summed E-state index contributed by atoms with van der Waals surface area (Å²) in [6.07, 6.45) is 5.08. The number of hydrogen-bond donors (Lipinski definition) is 2. The fourth-order valence-electron chi connectivity index (χ4n) is 2.44. The van der Waals surface area contributed by atoms with Crippen molar-refractivity contribution in [3.8, 4) is 0 Å². The fraction of sp³-hybridized carbons (Fsp3) is 0.500. The van der Waals surface area contributed by atoms with Crippen molar-refractivity contribution >= 4 is 17.6 Å². The van der Waals surface area contributed by atoms with Gasteiger partial charge in [-0.15, -0.1) is 0 Å². The first kappa shape index (κ1) is 13.8. The van der Waals surface area contributed by atoms with Crippen molar-refractivity contribution in [2.75, 3.05) is 24.3 Å². The third kappa shape index (κ3) is 3.13. The number of aryl methyl sites for hydroxylation is 1. The van der Waals surface area contributed by atoms with Crippen molar-refractivity contribution in [1.29, 1.82) is 0 Å². The van der Waals surface area contributed by atoms with Gasteiger partial charge in [-0.05, 0) is 32.3 Å². The lowest BCUT2D eigenvalue weighted by molar-refractivity contribution is -0.0404. The van der Waals surface area contributed by atoms with Crippen LogP contribution in [0.3, 0.4) is 0 Å². The van der Waals surface area contributed by atoms with E-state index in [0.717, 1.165) is 31.0 Å². The summed E-state index contributed by atoms with van der Waals surface area (Å²) in [5.74, 6) is 2.05. The smallest absolute Gasteiger partial charge is 0.224 e. The van der Waals surface area contributed by atoms with E-state index in [1.54, 1.807) is 13.2 Å². The molecule has 1 unspecified atom stereocenters. The van der Waals surface area contributed by atoms with E-state index in [0.29, 0.717) is 11.8 Å². The Morgan fingerprint density at radius 3 is 3.00 bits per heavy atom. The van der Waals surface area contributed by atoms with Gasteiger partial charge in [0.25, 0.3) is 0 Å². The van der Waals surface area contributed by atoms with Gasteiger partial charge in [0.1, 0.15) is 5.82 Å². The minimum atomic E-state index is 0.0487. The molecule has 0 aliphatic carbocycles. The second-order valence-corrected chi connectivity index (χ2v) is 5.08. The van der Waals surface area contributed by atoms with Crippen molar-refractivity contribution in [1.82, 2.24) is 19.7 Å². The lowest BCUT2D eigenvalue weighted by Gasteiger charge is -2.23. The highest BCUT2D eigenvalue weighted by molar-refractivity contribution is 5.52. The van der Waals surface area contributed by atoms with Gasteiger partial charge < -0.3 is 15.4 Å². The Labute approximate surface area is 123 Å². The molecule has 7 heteroatoms. The number of ether oxygens (including phenoxy) is 1. The zero-order valence-corrected chi connectivity index (χ0v) is 12.3. The minimum Gasteiger partial charge on any atom is -0.357 e. The number of nitrogens with zero attached hydrogens (tertiary/aromatic N) is 4. The van der Waals surface area contributed by atoms with Gasteiger partial charge in [0.15, 0.2) is 12.0 Å². The topological polar surface area (TPSA) is 76.9 Å². The van der Waals surface area contributed by atoms with Crippen molar-refractivity contribution in [2.45, 2.75) is 32.4 Å². The molecular formula is C14H20N6O. The predicted molar refractivity (Wildman–Crippen MR) is 80.7 cm³/mol. The highest BCUT2D eigenvalue weighted by atomic mass is 16.5. The molecule has 112 valence electrons. The first-order valence-corrected chi connectivity index (χ1v) is 7.22. The second kappa shape index (κ2) is 6.09. The normalized spacial score (nSPS) is 18.5. The van der Waals surface area contributed by atoms with Gasteiger partial charge in [-0.25, -0.2) is 9.67 Å². The van der Waals surface area contributed by atoms with Gasteiger partial charge in [-0.3, -0.25) is 0 Å². The highest BCUT2D eigenvalue weighted by Crippen LogP contribution is 2.25. The zero-order chi connectivity index (χ0) is 14.7. The molecule has 2 aromatic heterocycles. The van der Waals surface area contributed by atoms with Gasteiger partial charge in [0, 0.05) is 31.6 Å². The van der Waals surface area contributed by atoms with Crippen molar-refractivity contribution < 1.29 is 4.74 Å². The molecule has 2 aromatic rings. The molecule has 21 heavy (non-hydrogen) atoms. The molecule has 0 aromatic carbocycles. The van der Waals surface area contributed by atoms with Gasteiger partial charge >= 0.3 is 0 Å². The van der Waals surface area contributed by atoms with E-state index in [1.165, 1.54) is 6.42 Å². The summed E-state index contributed by atoms with van der Waals surface area (Å²) in [6.45, 7) is 2.85. The van der Waals surface area contributed by atoms with E-state index < -0.39 is 0 Å². The Morgan fingerprint density at radius 1 is 1.33 bits per heavy atom. The molecular weight excluding hydrogens is 268 g/mol. The number of anilines is 3. The molecule has 0 bridgehead atoms. The van der Waals surface area contributed by atoms with E-state index in [2.05, 4.69) is 25.7 Å². The van der Waals surface area contributed by atoms with E-state index >= 15 is 0 Å². The first-order chi connectivity index (χ1) is 10.3. The molecule has 0 amide bonds. The third-order valence-electron chi connectivity index (χ3n) is 3.49. The summed E-state index contributed by atoms with van der Waals surface area (Å²) in [4.78, 5) is 8.41. The minimum absolute atomic E-state index is 0.0487. The summed E-state index contributed by atoms with van der Waals surface area (Å²) >= 11 is 0. The molecule has 3 rings (SSSR count). The maximum absolute atomic E-state index is 5.78.